The fourth-order valence-corrected chi connectivity index (χ4v) is 4.57. The molecule has 1 saturated carbocycles. The maximum absolute atomic E-state index is 11.6. The first kappa shape index (κ1) is 13.8. The van der Waals surface area contributed by atoms with Gasteiger partial charge < -0.3 is 0 Å². The second-order valence-corrected chi connectivity index (χ2v) is 7.90. The quantitative estimate of drug-likeness (QED) is 0.829. The molecular formula is C15H20N2O2S. The number of aromatic nitrogens is 1. The second-order valence-electron chi connectivity index (χ2n) is 5.67. The van der Waals surface area contributed by atoms with Crippen LogP contribution in [0.15, 0.2) is 30.6 Å². The molecule has 108 valence electrons. The number of sulfone groups is 1. The van der Waals surface area contributed by atoms with E-state index in [1.54, 1.807) is 12.4 Å². The van der Waals surface area contributed by atoms with Gasteiger partial charge in [-0.2, -0.15) is 0 Å². The first-order valence-electron chi connectivity index (χ1n) is 7.17. The summed E-state index contributed by atoms with van der Waals surface area (Å²) in [6.45, 7) is 0.840. The van der Waals surface area contributed by atoms with Gasteiger partial charge in [0.25, 0.3) is 0 Å². The highest BCUT2D eigenvalue weighted by atomic mass is 32.2. The van der Waals surface area contributed by atoms with Crippen molar-refractivity contribution in [2.75, 3.05) is 18.1 Å². The van der Waals surface area contributed by atoms with Gasteiger partial charge in [-0.3, -0.25) is 9.88 Å². The van der Waals surface area contributed by atoms with E-state index in [0.717, 1.165) is 18.5 Å². The lowest BCUT2D eigenvalue weighted by Crippen LogP contribution is -2.38. The smallest absolute Gasteiger partial charge is 0.151 e. The van der Waals surface area contributed by atoms with Crippen molar-refractivity contribution >= 4 is 15.9 Å². The molecule has 5 heteroatoms. The average Bonchev–Trinajstić information content (AvgIpc) is 3.20. The summed E-state index contributed by atoms with van der Waals surface area (Å²) in [6, 6.07) is 4.75. The van der Waals surface area contributed by atoms with E-state index in [1.165, 1.54) is 12.8 Å². The van der Waals surface area contributed by atoms with Gasteiger partial charge in [-0.25, -0.2) is 8.42 Å². The number of nitrogens with zero attached hydrogens (tertiary/aromatic N) is 2. The maximum atomic E-state index is 11.6. The molecule has 3 rings (SSSR count). The van der Waals surface area contributed by atoms with Gasteiger partial charge in [0.15, 0.2) is 9.84 Å². The SMILES string of the molecule is O=S1(=O)CCC(N(C/C=C/c2ccncc2)C2CC2)C1. The van der Waals surface area contributed by atoms with Crippen molar-refractivity contribution in [1.82, 2.24) is 9.88 Å². The van der Waals surface area contributed by atoms with Crippen molar-refractivity contribution in [3.8, 4) is 0 Å². The molecule has 4 nitrogen and oxygen atoms in total. The number of rotatable bonds is 5. The lowest BCUT2D eigenvalue weighted by molar-refractivity contribution is 0.225. The summed E-state index contributed by atoms with van der Waals surface area (Å²) in [6.07, 6.45) is 11.0. The zero-order valence-electron chi connectivity index (χ0n) is 11.5. The summed E-state index contributed by atoms with van der Waals surface area (Å²) in [5, 5.41) is 0. The second kappa shape index (κ2) is 5.66. The monoisotopic (exact) mass is 292 g/mol. The average molecular weight is 292 g/mol. The van der Waals surface area contributed by atoms with Crippen LogP contribution in [0.25, 0.3) is 6.08 Å². The Balaban J connectivity index is 1.62. The van der Waals surface area contributed by atoms with E-state index in [2.05, 4.69) is 22.0 Å². The van der Waals surface area contributed by atoms with E-state index >= 15 is 0 Å². The molecule has 20 heavy (non-hydrogen) atoms. The Morgan fingerprint density at radius 3 is 2.55 bits per heavy atom. The molecule has 1 aliphatic heterocycles. The van der Waals surface area contributed by atoms with Crippen molar-refractivity contribution in [3.05, 3.63) is 36.2 Å². The van der Waals surface area contributed by atoms with Crippen LogP contribution in [0.3, 0.4) is 0 Å². The van der Waals surface area contributed by atoms with E-state index in [4.69, 9.17) is 0 Å². The van der Waals surface area contributed by atoms with Gasteiger partial charge in [0.05, 0.1) is 11.5 Å². The molecule has 2 fully saturated rings. The first-order valence-corrected chi connectivity index (χ1v) is 8.99. The summed E-state index contributed by atoms with van der Waals surface area (Å²) in [5.74, 6) is 0.696. The van der Waals surface area contributed by atoms with Gasteiger partial charge in [-0.05, 0) is 37.0 Å². The van der Waals surface area contributed by atoms with Crippen molar-refractivity contribution in [3.63, 3.8) is 0 Å². The van der Waals surface area contributed by atoms with E-state index in [9.17, 15) is 8.42 Å². The highest BCUT2D eigenvalue weighted by molar-refractivity contribution is 7.91. The number of hydrogen-bond acceptors (Lipinski definition) is 4. The Morgan fingerprint density at radius 2 is 1.95 bits per heavy atom. The van der Waals surface area contributed by atoms with Crippen molar-refractivity contribution in [2.24, 2.45) is 0 Å². The standard InChI is InChI=1S/C15H20N2O2S/c18-20(19)11-7-15(12-20)17(14-3-4-14)10-1-2-13-5-8-16-9-6-13/h1-2,5-6,8-9,14-15H,3-4,7,10-12H2/b2-1+. The molecule has 0 aromatic carbocycles. The summed E-state index contributed by atoms with van der Waals surface area (Å²) in [4.78, 5) is 6.37. The van der Waals surface area contributed by atoms with Crippen LogP contribution < -0.4 is 0 Å². The van der Waals surface area contributed by atoms with Gasteiger partial charge in [0.1, 0.15) is 0 Å². The third-order valence-corrected chi connectivity index (χ3v) is 5.78. The van der Waals surface area contributed by atoms with Gasteiger partial charge >= 0.3 is 0 Å². The van der Waals surface area contributed by atoms with E-state index in [-0.39, 0.29) is 6.04 Å². The minimum absolute atomic E-state index is 0.217. The van der Waals surface area contributed by atoms with Gasteiger partial charge in [-0.15, -0.1) is 0 Å². The summed E-state index contributed by atoms with van der Waals surface area (Å²) in [5.41, 5.74) is 1.13. The Bertz CT molecular complexity index is 579. The number of pyridine rings is 1. The van der Waals surface area contributed by atoms with E-state index in [0.29, 0.717) is 17.5 Å². The van der Waals surface area contributed by atoms with Crippen LogP contribution in [-0.4, -0.2) is 48.4 Å². The third-order valence-electron chi connectivity index (χ3n) is 4.03. The maximum Gasteiger partial charge on any atom is 0.151 e. The molecule has 1 saturated heterocycles. The van der Waals surface area contributed by atoms with Crippen molar-refractivity contribution in [1.29, 1.82) is 0 Å². The van der Waals surface area contributed by atoms with Crippen LogP contribution in [0.4, 0.5) is 0 Å². The molecule has 2 aliphatic rings. The lowest BCUT2D eigenvalue weighted by atomic mass is 10.2. The van der Waals surface area contributed by atoms with Gasteiger partial charge in [0.2, 0.25) is 0 Å². The Kier molecular flexibility index (Phi) is 3.89. The molecule has 0 amide bonds. The Hall–Kier alpha value is -1.20. The molecular weight excluding hydrogens is 272 g/mol. The summed E-state index contributed by atoms with van der Waals surface area (Å²) >= 11 is 0. The minimum atomic E-state index is -2.80. The van der Waals surface area contributed by atoms with Gasteiger partial charge in [0, 0.05) is 31.0 Å². The summed E-state index contributed by atoms with van der Waals surface area (Å²) in [7, 11) is -2.80. The van der Waals surface area contributed by atoms with Crippen LogP contribution in [0, 0.1) is 0 Å². The van der Waals surface area contributed by atoms with Crippen LogP contribution in [0.2, 0.25) is 0 Å². The Labute approximate surface area is 120 Å². The normalized spacial score (nSPS) is 25.6. The first-order chi connectivity index (χ1) is 9.64. The Morgan fingerprint density at radius 1 is 1.20 bits per heavy atom. The van der Waals surface area contributed by atoms with E-state index < -0.39 is 9.84 Å². The fraction of sp³-hybridized carbons (Fsp3) is 0.533. The van der Waals surface area contributed by atoms with Crippen LogP contribution in [-0.2, 0) is 9.84 Å². The molecule has 2 heterocycles. The molecule has 1 aromatic rings. The number of hydrogen-bond donors (Lipinski definition) is 0. The lowest BCUT2D eigenvalue weighted by Gasteiger charge is -2.26. The molecule has 0 N–H and O–H groups in total. The largest absolute Gasteiger partial charge is 0.293 e. The molecule has 1 aliphatic carbocycles. The molecule has 1 aromatic heterocycles. The zero-order chi connectivity index (χ0) is 14.0. The zero-order valence-corrected chi connectivity index (χ0v) is 12.3. The summed E-state index contributed by atoms with van der Waals surface area (Å²) < 4.78 is 23.3. The van der Waals surface area contributed by atoms with Crippen LogP contribution in [0.5, 0.6) is 0 Å². The molecule has 0 spiro atoms. The topological polar surface area (TPSA) is 50.3 Å². The third kappa shape index (κ3) is 3.46. The fourth-order valence-electron chi connectivity index (χ4n) is 2.82. The van der Waals surface area contributed by atoms with Crippen LogP contribution in [0.1, 0.15) is 24.8 Å². The molecule has 1 unspecified atom stereocenters. The van der Waals surface area contributed by atoms with Crippen LogP contribution >= 0.6 is 0 Å². The predicted molar refractivity (Wildman–Crippen MR) is 80.1 cm³/mol. The molecule has 0 bridgehead atoms. The van der Waals surface area contributed by atoms with Crippen molar-refractivity contribution < 1.29 is 8.42 Å². The molecule has 1 atom stereocenters. The highest BCUT2D eigenvalue weighted by Gasteiger charge is 2.38. The van der Waals surface area contributed by atoms with E-state index in [1.807, 2.05) is 12.1 Å². The highest BCUT2D eigenvalue weighted by Crippen LogP contribution is 2.32. The van der Waals surface area contributed by atoms with Gasteiger partial charge in [-0.1, -0.05) is 12.2 Å². The molecule has 0 radical (unpaired) electrons. The van der Waals surface area contributed by atoms with Crippen molar-refractivity contribution in [2.45, 2.75) is 31.3 Å². The predicted octanol–water partition coefficient (Wildman–Crippen LogP) is 1.75. The minimum Gasteiger partial charge on any atom is -0.293 e.